The molecule has 2 aromatic heterocycles. The van der Waals surface area contributed by atoms with Crippen LogP contribution >= 0.6 is 0 Å². The lowest BCUT2D eigenvalue weighted by Gasteiger charge is -2.35. The smallest absolute Gasteiger partial charge is 0.274 e. The van der Waals surface area contributed by atoms with Crippen LogP contribution in [0.2, 0.25) is 0 Å². The van der Waals surface area contributed by atoms with Crippen LogP contribution in [0.25, 0.3) is 0 Å². The molecule has 1 aromatic carbocycles. The van der Waals surface area contributed by atoms with Gasteiger partial charge in [-0.15, -0.1) is 0 Å². The average Bonchev–Trinajstić information content (AvgIpc) is 2.80. The fraction of sp³-hybridized carbons (Fsp3) is 0.190. The highest BCUT2D eigenvalue weighted by molar-refractivity contribution is 6.03. The standard InChI is InChI=1S/C21H19N7O/c22-15-16-4-3-5-17(14-16)25-20(29)18-7-9-24-21(26-18)28-12-10-27(11-13-28)19-6-1-2-8-23-19/h1-9,14H,10-13H2,(H,25,29). The van der Waals surface area contributed by atoms with Crippen molar-refractivity contribution in [3.8, 4) is 6.07 Å². The molecule has 1 amide bonds. The van der Waals surface area contributed by atoms with E-state index in [0.717, 1.165) is 32.0 Å². The number of anilines is 3. The highest BCUT2D eigenvalue weighted by atomic mass is 16.1. The SMILES string of the molecule is N#Cc1cccc(NC(=O)c2ccnc(N3CCN(c4ccccn4)CC3)n2)c1. The molecule has 0 radical (unpaired) electrons. The molecule has 0 atom stereocenters. The molecular weight excluding hydrogens is 366 g/mol. The maximum atomic E-state index is 12.6. The van der Waals surface area contributed by atoms with Gasteiger partial charge >= 0.3 is 0 Å². The Bertz CT molecular complexity index is 1040. The van der Waals surface area contributed by atoms with Crippen LogP contribution in [0.5, 0.6) is 0 Å². The lowest BCUT2D eigenvalue weighted by atomic mass is 10.2. The number of hydrogen-bond donors (Lipinski definition) is 1. The lowest BCUT2D eigenvalue weighted by Crippen LogP contribution is -2.47. The summed E-state index contributed by atoms with van der Waals surface area (Å²) in [5.41, 5.74) is 1.32. The van der Waals surface area contributed by atoms with E-state index < -0.39 is 0 Å². The molecule has 8 nitrogen and oxygen atoms in total. The first kappa shape index (κ1) is 18.4. The molecule has 0 bridgehead atoms. The summed E-state index contributed by atoms with van der Waals surface area (Å²) in [5, 5.41) is 11.8. The molecule has 4 rings (SSSR count). The highest BCUT2D eigenvalue weighted by Gasteiger charge is 2.21. The van der Waals surface area contributed by atoms with Crippen molar-refractivity contribution in [1.29, 1.82) is 5.26 Å². The minimum Gasteiger partial charge on any atom is -0.353 e. The van der Waals surface area contributed by atoms with E-state index in [-0.39, 0.29) is 11.6 Å². The average molecular weight is 385 g/mol. The van der Waals surface area contributed by atoms with E-state index in [2.05, 4.69) is 36.1 Å². The van der Waals surface area contributed by atoms with Gasteiger partial charge in [-0.1, -0.05) is 12.1 Å². The summed E-state index contributed by atoms with van der Waals surface area (Å²) in [6, 6.07) is 16.3. The van der Waals surface area contributed by atoms with Crippen molar-refractivity contribution in [2.24, 2.45) is 0 Å². The third-order valence-electron chi connectivity index (χ3n) is 4.66. The molecule has 29 heavy (non-hydrogen) atoms. The molecule has 0 aliphatic carbocycles. The molecule has 1 saturated heterocycles. The van der Waals surface area contributed by atoms with Crippen LogP contribution in [-0.4, -0.2) is 47.0 Å². The zero-order chi connectivity index (χ0) is 20.1. The summed E-state index contributed by atoms with van der Waals surface area (Å²) in [6.07, 6.45) is 3.38. The molecule has 3 aromatic rings. The second-order valence-corrected chi connectivity index (χ2v) is 6.55. The maximum absolute atomic E-state index is 12.6. The number of hydrogen-bond acceptors (Lipinski definition) is 7. The molecule has 0 unspecified atom stereocenters. The van der Waals surface area contributed by atoms with E-state index in [1.54, 1.807) is 42.7 Å². The number of aromatic nitrogens is 3. The van der Waals surface area contributed by atoms with E-state index in [9.17, 15) is 4.79 Å². The Kier molecular flexibility index (Phi) is 5.29. The van der Waals surface area contributed by atoms with Gasteiger partial charge < -0.3 is 15.1 Å². The summed E-state index contributed by atoms with van der Waals surface area (Å²) < 4.78 is 0. The van der Waals surface area contributed by atoms with Gasteiger partial charge in [0, 0.05) is 44.3 Å². The number of piperazine rings is 1. The third-order valence-corrected chi connectivity index (χ3v) is 4.66. The van der Waals surface area contributed by atoms with Crippen molar-refractivity contribution >= 4 is 23.4 Å². The van der Waals surface area contributed by atoms with Crippen LogP contribution in [0.3, 0.4) is 0 Å². The molecule has 0 saturated carbocycles. The molecule has 144 valence electrons. The zero-order valence-electron chi connectivity index (χ0n) is 15.7. The lowest BCUT2D eigenvalue weighted by molar-refractivity contribution is 0.102. The number of nitrogens with zero attached hydrogens (tertiary/aromatic N) is 6. The van der Waals surface area contributed by atoms with Gasteiger partial charge in [-0.05, 0) is 36.4 Å². The third kappa shape index (κ3) is 4.30. The zero-order valence-corrected chi connectivity index (χ0v) is 15.7. The molecule has 1 fully saturated rings. The number of carbonyl (C=O) groups excluding carboxylic acids is 1. The number of pyridine rings is 1. The first-order valence-corrected chi connectivity index (χ1v) is 9.28. The Morgan fingerprint density at radius 1 is 0.966 bits per heavy atom. The number of rotatable bonds is 4. The fourth-order valence-corrected chi connectivity index (χ4v) is 3.17. The van der Waals surface area contributed by atoms with Gasteiger partial charge in [0.15, 0.2) is 0 Å². The molecule has 3 heterocycles. The number of amides is 1. The summed E-state index contributed by atoms with van der Waals surface area (Å²) in [5.74, 6) is 1.15. The quantitative estimate of drug-likeness (QED) is 0.736. The van der Waals surface area contributed by atoms with Crippen molar-refractivity contribution in [3.63, 3.8) is 0 Å². The second-order valence-electron chi connectivity index (χ2n) is 6.55. The molecule has 1 N–H and O–H groups in total. The first-order chi connectivity index (χ1) is 14.2. The summed E-state index contributed by atoms with van der Waals surface area (Å²) >= 11 is 0. The van der Waals surface area contributed by atoms with Gasteiger partial charge in [0.1, 0.15) is 11.5 Å². The topological polar surface area (TPSA) is 98.0 Å². The fourth-order valence-electron chi connectivity index (χ4n) is 3.17. The summed E-state index contributed by atoms with van der Waals surface area (Å²) in [6.45, 7) is 3.09. The Morgan fingerprint density at radius 3 is 2.55 bits per heavy atom. The number of nitrogens with one attached hydrogen (secondary N) is 1. The van der Waals surface area contributed by atoms with Gasteiger partial charge in [0.05, 0.1) is 11.6 Å². The Morgan fingerprint density at radius 2 is 1.79 bits per heavy atom. The van der Waals surface area contributed by atoms with E-state index >= 15 is 0 Å². The summed E-state index contributed by atoms with van der Waals surface area (Å²) in [4.78, 5) is 30.0. The molecule has 0 spiro atoms. The van der Waals surface area contributed by atoms with Gasteiger partial charge in [-0.3, -0.25) is 4.79 Å². The maximum Gasteiger partial charge on any atom is 0.274 e. The monoisotopic (exact) mass is 385 g/mol. The van der Waals surface area contributed by atoms with Crippen LogP contribution in [0.15, 0.2) is 60.9 Å². The van der Waals surface area contributed by atoms with Crippen molar-refractivity contribution in [3.05, 3.63) is 72.2 Å². The van der Waals surface area contributed by atoms with E-state index in [4.69, 9.17) is 5.26 Å². The van der Waals surface area contributed by atoms with Crippen LogP contribution < -0.4 is 15.1 Å². The number of nitriles is 1. The van der Waals surface area contributed by atoms with Crippen molar-refractivity contribution < 1.29 is 4.79 Å². The van der Waals surface area contributed by atoms with E-state index in [1.807, 2.05) is 18.2 Å². The molecular formula is C21H19N7O. The molecule has 8 heteroatoms. The summed E-state index contributed by atoms with van der Waals surface area (Å²) in [7, 11) is 0. The number of carbonyl (C=O) groups is 1. The van der Waals surface area contributed by atoms with Gasteiger partial charge in [0.2, 0.25) is 5.95 Å². The minimum absolute atomic E-state index is 0.282. The van der Waals surface area contributed by atoms with Crippen molar-refractivity contribution in [2.45, 2.75) is 0 Å². The first-order valence-electron chi connectivity index (χ1n) is 9.28. The highest BCUT2D eigenvalue weighted by Crippen LogP contribution is 2.17. The van der Waals surface area contributed by atoms with Gasteiger partial charge in [0.25, 0.3) is 5.91 Å². The van der Waals surface area contributed by atoms with Crippen LogP contribution in [-0.2, 0) is 0 Å². The Balaban J connectivity index is 1.42. The van der Waals surface area contributed by atoms with E-state index in [1.165, 1.54) is 0 Å². The van der Waals surface area contributed by atoms with Gasteiger partial charge in [-0.2, -0.15) is 5.26 Å². The molecule has 1 aliphatic heterocycles. The predicted molar refractivity (Wildman–Crippen MR) is 110 cm³/mol. The van der Waals surface area contributed by atoms with Gasteiger partial charge in [-0.25, -0.2) is 15.0 Å². The van der Waals surface area contributed by atoms with Crippen LogP contribution in [0.1, 0.15) is 16.1 Å². The second kappa shape index (κ2) is 8.35. The largest absolute Gasteiger partial charge is 0.353 e. The molecule has 1 aliphatic rings. The predicted octanol–water partition coefficient (Wildman–Crippen LogP) is 2.32. The number of benzene rings is 1. The van der Waals surface area contributed by atoms with Crippen molar-refractivity contribution in [2.75, 3.05) is 41.3 Å². The Labute approximate surface area is 168 Å². The van der Waals surface area contributed by atoms with Crippen LogP contribution in [0, 0.1) is 11.3 Å². The van der Waals surface area contributed by atoms with Crippen molar-refractivity contribution in [1.82, 2.24) is 15.0 Å². The normalized spacial score (nSPS) is 13.6. The van der Waals surface area contributed by atoms with Crippen LogP contribution in [0.4, 0.5) is 17.5 Å². The van der Waals surface area contributed by atoms with E-state index in [0.29, 0.717) is 17.2 Å². The minimum atomic E-state index is -0.337. The Hall–Kier alpha value is -3.99.